The third kappa shape index (κ3) is 4.06. The highest BCUT2D eigenvalue weighted by molar-refractivity contribution is 7.88. The zero-order valence-corrected chi connectivity index (χ0v) is 18.4. The number of aryl methyl sites for hydroxylation is 1. The van der Waals surface area contributed by atoms with Crippen LogP contribution < -0.4 is 5.32 Å². The average Bonchev–Trinajstić information content (AvgIpc) is 3.36. The number of anilines is 1. The van der Waals surface area contributed by atoms with Gasteiger partial charge in [0.1, 0.15) is 17.2 Å². The number of nitrogens with one attached hydrogen (secondary N) is 1. The number of carbonyl (C=O) groups excluding carboxylic acids is 1. The summed E-state index contributed by atoms with van der Waals surface area (Å²) in [6.45, 7) is 3.90. The van der Waals surface area contributed by atoms with E-state index in [-0.39, 0.29) is 23.0 Å². The molecule has 3 aromatic rings. The van der Waals surface area contributed by atoms with E-state index in [4.69, 9.17) is 4.42 Å². The lowest BCUT2D eigenvalue weighted by Crippen LogP contribution is -2.35. The number of rotatable bonds is 5. The van der Waals surface area contributed by atoms with Crippen LogP contribution in [0.2, 0.25) is 0 Å². The molecule has 0 bridgehead atoms. The molecule has 0 fully saturated rings. The number of benzene rings is 1. The summed E-state index contributed by atoms with van der Waals surface area (Å²) in [5.74, 6) is -0.735. The van der Waals surface area contributed by atoms with E-state index >= 15 is 0 Å². The van der Waals surface area contributed by atoms with Crippen molar-refractivity contribution in [2.45, 2.75) is 20.4 Å². The smallest absolute Gasteiger partial charge is 0.345 e. The molecule has 0 saturated carbocycles. The number of hydrogen-bond donors (Lipinski definition) is 1. The van der Waals surface area contributed by atoms with E-state index < -0.39 is 16.1 Å². The van der Waals surface area contributed by atoms with E-state index in [1.807, 2.05) is 0 Å². The summed E-state index contributed by atoms with van der Waals surface area (Å²) in [5.41, 5.74) is 2.44. The summed E-state index contributed by atoms with van der Waals surface area (Å²) >= 11 is 0. The van der Waals surface area contributed by atoms with E-state index in [9.17, 15) is 17.6 Å². The number of amides is 1. The van der Waals surface area contributed by atoms with Gasteiger partial charge in [0.2, 0.25) is 0 Å². The number of nitrogens with zero attached hydrogens (tertiary/aromatic N) is 4. The maximum absolute atomic E-state index is 13.2. The van der Waals surface area contributed by atoms with Crippen molar-refractivity contribution < 1.29 is 22.0 Å². The fourth-order valence-corrected chi connectivity index (χ4v) is 4.18. The van der Waals surface area contributed by atoms with Crippen molar-refractivity contribution in [3.8, 4) is 0 Å². The molecule has 1 aromatic carbocycles. The lowest BCUT2D eigenvalue weighted by molar-refractivity contribution is -0.113. The predicted octanol–water partition coefficient (Wildman–Crippen LogP) is 2.78. The van der Waals surface area contributed by atoms with Gasteiger partial charge in [-0.1, -0.05) is 12.1 Å². The molecule has 1 N–H and O–H groups in total. The van der Waals surface area contributed by atoms with E-state index in [1.54, 1.807) is 42.8 Å². The van der Waals surface area contributed by atoms with Gasteiger partial charge < -0.3 is 9.73 Å². The molecule has 0 radical (unpaired) electrons. The van der Waals surface area contributed by atoms with Gasteiger partial charge in [0.05, 0.1) is 29.9 Å². The Hall–Kier alpha value is -3.73. The molecule has 0 saturated heterocycles. The molecule has 32 heavy (non-hydrogen) atoms. The highest BCUT2D eigenvalue weighted by Crippen LogP contribution is 2.24. The third-order valence-electron chi connectivity index (χ3n) is 5.04. The topological polar surface area (TPSA) is 110 Å². The van der Waals surface area contributed by atoms with Crippen LogP contribution in [-0.4, -0.2) is 41.2 Å². The molecular formula is C21H20FN5O4S. The van der Waals surface area contributed by atoms with Crippen LogP contribution in [0.1, 0.15) is 22.7 Å². The largest absolute Gasteiger partial charge is 0.463 e. The number of likely N-dealkylation sites (N-methyl/N-ethyl adjacent to an activating group) is 1. The molecule has 1 aliphatic heterocycles. The first-order valence-corrected chi connectivity index (χ1v) is 11.0. The third-order valence-corrected chi connectivity index (χ3v) is 6.36. The van der Waals surface area contributed by atoms with Crippen molar-refractivity contribution in [2.24, 2.45) is 4.40 Å². The molecule has 166 valence electrons. The summed E-state index contributed by atoms with van der Waals surface area (Å²) < 4.78 is 49.5. The van der Waals surface area contributed by atoms with Crippen LogP contribution in [0.15, 0.2) is 63.2 Å². The Morgan fingerprint density at radius 2 is 1.91 bits per heavy atom. The molecule has 0 spiro atoms. The molecule has 3 heterocycles. The fraction of sp³-hybridized carbons (Fsp3) is 0.190. The minimum absolute atomic E-state index is 0.0266. The molecule has 4 rings (SSSR count). The van der Waals surface area contributed by atoms with Crippen LogP contribution in [0, 0.1) is 19.7 Å². The SMILES string of the molecule is Cc1nn(Cc2ccc(F)cc2)c(C)c1NC(=O)C1=CC(c2ccco2)=NS(=O)(=O)N1C. The van der Waals surface area contributed by atoms with E-state index in [0.717, 1.165) is 9.87 Å². The van der Waals surface area contributed by atoms with Gasteiger partial charge in [0.25, 0.3) is 5.91 Å². The minimum atomic E-state index is -4.10. The van der Waals surface area contributed by atoms with E-state index in [1.165, 1.54) is 31.5 Å². The molecule has 1 amide bonds. The number of allylic oxidation sites excluding steroid dienone is 1. The standard InChI is InChI=1S/C21H20FN5O4S/c1-13-20(14(2)27(24-13)12-15-6-8-16(22)9-7-15)23-21(28)18-11-17(19-5-4-10-31-19)25-32(29,30)26(18)3/h4-11H,12H2,1-3H3,(H,23,28). The Balaban J connectivity index is 1.61. The second kappa shape index (κ2) is 8.08. The van der Waals surface area contributed by atoms with Crippen LogP contribution >= 0.6 is 0 Å². The molecule has 0 atom stereocenters. The second-order valence-electron chi connectivity index (χ2n) is 7.21. The van der Waals surface area contributed by atoms with Gasteiger partial charge in [-0.25, -0.2) is 8.70 Å². The minimum Gasteiger partial charge on any atom is -0.463 e. The first-order chi connectivity index (χ1) is 15.2. The second-order valence-corrected chi connectivity index (χ2v) is 8.84. The Morgan fingerprint density at radius 3 is 2.56 bits per heavy atom. The van der Waals surface area contributed by atoms with Crippen molar-refractivity contribution in [1.82, 2.24) is 14.1 Å². The van der Waals surface area contributed by atoms with Crippen molar-refractivity contribution in [2.75, 3.05) is 12.4 Å². The Morgan fingerprint density at radius 1 is 1.19 bits per heavy atom. The Kier molecular flexibility index (Phi) is 5.43. The van der Waals surface area contributed by atoms with Crippen molar-refractivity contribution in [3.63, 3.8) is 0 Å². The van der Waals surface area contributed by atoms with Gasteiger partial charge in [-0.05, 0) is 49.8 Å². The maximum atomic E-state index is 13.2. The summed E-state index contributed by atoms with van der Waals surface area (Å²) in [5, 5.41) is 7.20. The lowest BCUT2D eigenvalue weighted by atomic mass is 10.2. The maximum Gasteiger partial charge on any atom is 0.345 e. The zero-order valence-electron chi connectivity index (χ0n) is 17.5. The zero-order chi connectivity index (χ0) is 23.0. The molecule has 2 aromatic heterocycles. The number of carbonyl (C=O) groups is 1. The predicted molar refractivity (Wildman–Crippen MR) is 116 cm³/mol. The van der Waals surface area contributed by atoms with Gasteiger partial charge in [-0.3, -0.25) is 9.48 Å². The van der Waals surface area contributed by atoms with Crippen molar-refractivity contribution in [1.29, 1.82) is 0 Å². The van der Waals surface area contributed by atoms with Crippen LogP contribution in [0.4, 0.5) is 10.1 Å². The summed E-state index contributed by atoms with van der Waals surface area (Å²) in [7, 11) is -2.85. The van der Waals surface area contributed by atoms with Gasteiger partial charge in [0.15, 0.2) is 5.76 Å². The summed E-state index contributed by atoms with van der Waals surface area (Å²) in [6.07, 6.45) is 2.74. The molecule has 1 aliphatic rings. The van der Waals surface area contributed by atoms with Gasteiger partial charge in [-0.15, -0.1) is 4.40 Å². The Bertz CT molecular complexity index is 1340. The van der Waals surface area contributed by atoms with Crippen LogP contribution in [0.5, 0.6) is 0 Å². The summed E-state index contributed by atoms with van der Waals surface area (Å²) in [6, 6.07) is 9.21. The fourth-order valence-electron chi connectivity index (χ4n) is 3.28. The normalized spacial score (nSPS) is 15.3. The van der Waals surface area contributed by atoms with Crippen molar-refractivity contribution in [3.05, 3.63) is 83.0 Å². The first kappa shape index (κ1) is 21.5. The molecular weight excluding hydrogens is 437 g/mol. The van der Waals surface area contributed by atoms with Crippen LogP contribution in [0.3, 0.4) is 0 Å². The lowest BCUT2D eigenvalue weighted by Gasteiger charge is -2.23. The van der Waals surface area contributed by atoms with E-state index in [2.05, 4.69) is 14.8 Å². The number of furan rings is 1. The number of aromatic nitrogens is 2. The van der Waals surface area contributed by atoms with Gasteiger partial charge >= 0.3 is 10.2 Å². The van der Waals surface area contributed by atoms with E-state index in [0.29, 0.717) is 23.6 Å². The highest BCUT2D eigenvalue weighted by Gasteiger charge is 2.31. The molecule has 0 unspecified atom stereocenters. The number of hydrogen-bond acceptors (Lipinski definition) is 5. The van der Waals surface area contributed by atoms with Gasteiger partial charge in [0, 0.05) is 7.05 Å². The Labute approximate surface area is 184 Å². The average molecular weight is 457 g/mol. The number of halogens is 1. The van der Waals surface area contributed by atoms with Crippen molar-refractivity contribution >= 4 is 27.5 Å². The summed E-state index contributed by atoms with van der Waals surface area (Å²) in [4.78, 5) is 13.0. The molecule has 9 nitrogen and oxygen atoms in total. The van der Waals surface area contributed by atoms with Gasteiger partial charge in [-0.2, -0.15) is 13.5 Å². The molecule has 11 heteroatoms. The van der Waals surface area contributed by atoms with Crippen LogP contribution in [0.25, 0.3) is 0 Å². The first-order valence-electron chi connectivity index (χ1n) is 9.60. The quantitative estimate of drug-likeness (QED) is 0.634. The monoisotopic (exact) mass is 457 g/mol. The van der Waals surface area contributed by atoms with Crippen LogP contribution in [-0.2, 0) is 21.5 Å². The molecule has 0 aliphatic carbocycles. The highest BCUT2D eigenvalue weighted by atomic mass is 32.2.